The third-order valence-electron chi connectivity index (χ3n) is 4.13. The minimum absolute atomic E-state index is 0.351. The molecule has 0 spiro atoms. The largest absolute Gasteiger partial charge is 0.317 e. The van der Waals surface area contributed by atoms with E-state index >= 15 is 0 Å². The molecule has 106 valence electrons. The summed E-state index contributed by atoms with van der Waals surface area (Å²) >= 11 is 0. The Morgan fingerprint density at radius 3 is 2.22 bits per heavy atom. The summed E-state index contributed by atoms with van der Waals surface area (Å²) in [6, 6.07) is 0. The van der Waals surface area contributed by atoms with Crippen molar-refractivity contribution in [3.63, 3.8) is 0 Å². The minimum atomic E-state index is -3.04. The Morgan fingerprint density at radius 1 is 1.11 bits per heavy atom. The zero-order valence-corrected chi connectivity index (χ0v) is 12.4. The highest BCUT2D eigenvalue weighted by Gasteiger charge is 2.32. The van der Waals surface area contributed by atoms with Crippen LogP contribution in [0.25, 0.3) is 0 Å². The summed E-state index contributed by atoms with van der Waals surface area (Å²) in [5.74, 6) is 1.70. The number of piperidine rings is 2. The van der Waals surface area contributed by atoms with Crippen LogP contribution in [0.3, 0.4) is 0 Å². The van der Waals surface area contributed by atoms with Gasteiger partial charge in [0.25, 0.3) is 0 Å². The second-order valence-corrected chi connectivity index (χ2v) is 8.25. The molecule has 0 aromatic rings. The van der Waals surface area contributed by atoms with Crippen molar-refractivity contribution in [3.05, 3.63) is 0 Å². The van der Waals surface area contributed by atoms with Crippen molar-refractivity contribution in [3.8, 4) is 0 Å². The van der Waals surface area contributed by atoms with Crippen LogP contribution in [0.15, 0.2) is 0 Å². The van der Waals surface area contributed by atoms with Gasteiger partial charge in [-0.05, 0) is 50.1 Å². The van der Waals surface area contributed by atoms with Crippen LogP contribution < -0.4 is 5.32 Å². The van der Waals surface area contributed by atoms with Gasteiger partial charge >= 0.3 is 0 Å². The molecule has 2 unspecified atom stereocenters. The summed E-state index contributed by atoms with van der Waals surface area (Å²) in [5, 5.41) is 3.29. The second-order valence-electron chi connectivity index (χ2n) is 6.23. The summed E-state index contributed by atoms with van der Waals surface area (Å²) in [6.07, 6.45) is 3.15. The highest BCUT2D eigenvalue weighted by molar-refractivity contribution is 7.89. The van der Waals surface area contributed by atoms with Crippen LogP contribution in [0.1, 0.15) is 33.1 Å². The summed E-state index contributed by atoms with van der Waals surface area (Å²) in [5.41, 5.74) is 0. The predicted molar refractivity (Wildman–Crippen MR) is 73.9 cm³/mol. The number of sulfonamides is 1. The van der Waals surface area contributed by atoms with Crippen LogP contribution in [0.5, 0.6) is 0 Å². The first kappa shape index (κ1) is 14.3. The molecule has 0 saturated carbocycles. The fourth-order valence-corrected chi connectivity index (χ4v) is 5.39. The molecule has 18 heavy (non-hydrogen) atoms. The van der Waals surface area contributed by atoms with Crippen LogP contribution in [0.4, 0.5) is 0 Å². The van der Waals surface area contributed by atoms with E-state index < -0.39 is 10.0 Å². The number of nitrogens with one attached hydrogen (secondary N) is 1. The molecule has 2 rings (SSSR count). The van der Waals surface area contributed by atoms with Crippen LogP contribution in [0, 0.1) is 17.8 Å². The third-order valence-corrected chi connectivity index (χ3v) is 6.11. The van der Waals surface area contributed by atoms with E-state index in [9.17, 15) is 8.42 Å². The fraction of sp³-hybridized carbons (Fsp3) is 1.00. The van der Waals surface area contributed by atoms with Gasteiger partial charge in [-0.1, -0.05) is 13.8 Å². The van der Waals surface area contributed by atoms with E-state index in [-0.39, 0.29) is 0 Å². The highest BCUT2D eigenvalue weighted by atomic mass is 32.2. The normalized spacial score (nSPS) is 32.6. The topological polar surface area (TPSA) is 49.4 Å². The maximum atomic E-state index is 12.5. The Hall–Kier alpha value is -0.130. The quantitative estimate of drug-likeness (QED) is 0.844. The maximum absolute atomic E-state index is 12.5. The van der Waals surface area contributed by atoms with Crippen molar-refractivity contribution >= 4 is 10.0 Å². The minimum Gasteiger partial charge on any atom is -0.317 e. The lowest BCUT2D eigenvalue weighted by Gasteiger charge is -2.35. The third kappa shape index (κ3) is 3.68. The lowest BCUT2D eigenvalue weighted by Crippen LogP contribution is -2.45. The lowest BCUT2D eigenvalue weighted by molar-refractivity contribution is 0.221. The molecule has 2 aliphatic rings. The van der Waals surface area contributed by atoms with E-state index in [4.69, 9.17) is 0 Å². The molecule has 2 fully saturated rings. The Bertz CT molecular complexity index is 353. The first-order valence-corrected chi connectivity index (χ1v) is 8.77. The maximum Gasteiger partial charge on any atom is 0.214 e. The Balaban J connectivity index is 1.96. The van der Waals surface area contributed by atoms with E-state index in [1.54, 1.807) is 4.31 Å². The molecule has 0 amide bonds. The molecule has 2 saturated heterocycles. The SMILES string of the molecule is CC1CC(C)CN(S(=O)(=O)CC2CCNCC2)C1. The zero-order chi connectivity index (χ0) is 13.2. The molecule has 2 heterocycles. The van der Waals surface area contributed by atoms with Gasteiger partial charge in [0.15, 0.2) is 0 Å². The molecule has 0 aromatic heterocycles. The molecule has 0 aliphatic carbocycles. The molecular weight excluding hydrogens is 248 g/mol. The first-order valence-electron chi connectivity index (χ1n) is 7.16. The average Bonchev–Trinajstić information content (AvgIpc) is 2.28. The van der Waals surface area contributed by atoms with Crippen LogP contribution >= 0.6 is 0 Å². The fourth-order valence-electron chi connectivity index (χ4n) is 3.28. The van der Waals surface area contributed by atoms with Crippen LogP contribution in [-0.2, 0) is 10.0 Å². The van der Waals surface area contributed by atoms with E-state index in [2.05, 4.69) is 19.2 Å². The van der Waals surface area contributed by atoms with Crippen molar-refractivity contribution < 1.29 is 8.42 Å². The molecule has 0 radical (unpaired) electrons. The van der Waals surface area contributed by atoms with E-state index in [1.807, 2.05) is 0 Å². The van der Waals surface area contributed by atoms with Crippen molar-refractivity contribution in [2.75, 3.05) is 31.9 Å². The smallest absolute Gasteiger partial charge is 0.214 e. The molecule has 2 aliphatic heterocycles. The molecule has 5 heteroatoms. The van der Waals surface area contributed by atoms with Gasteiger partial charge in [-0.25, -0.2) is 12.7 Å². The standard InChI is InChI=1S/C13H26N2O2S/c1-11-7-12(2)9-15(8-11)18(16,17)10-13-3-5-14-6-4-13/h11-14H,3-10H2,1-2H3. The molecule has 0 aromatic carbocycles. The first-order chi connectivity index (χ1) is 8.47. The summed E-state index contributed by atoms with van der Waals surface area (Å²) in [7, 11) is -3.04. The number of nitrogens with zero attached hydrogens (tertiary/aromatic N) is 1. The lowest BCUT2D eigenvalue weighted by atomic mass is 9.94. The Kier molecular flexibility index (Phi) is 4.67. The van der Waals surface area contributed by atoms with Gasteiger partial charge in [-0.3, -0.25) is 0 Å². The van der Waals surface area contributed by atoms with E-state index in [1.165, 1.54) is 0 Å². The van der Waals surface area contributed by atoms with Crippen molar-refractivity contribution in [2.45, 2.75) is 33.1 Å². The molecular formula is C13H26N2O2S. The summed E-state index contributed by atoms with van der Waals surface area (Å²) < 4.78 is 26.6. The highest BCUT2D eigenvalue weighted by Crippen LogP contribution is 2.25. The number of hydrogen-bond acceptors (Lipinski definition) is 3. The monoisotopic (exact) mass is 274 g/mol. The number of hydrogen-bond donors (Lipinski definition) is 1. The second kappa shape index (κ2) is 5.88. The van der Waals surface area contributed by atoms with Crippen molar-refractivity contribution in [1.29, 1.82) is 0 Å². The van der Waals surface area contributed by atoms with E-state index in [0.29, 0.717) is 23.5 Å². The molecule has 2 atom stereocenters. The molecule has 4 nitrogen and oxygen atoms in total. The van der Waals surface area contributed by atoms with Crippen molar-refractivity contribution in [1.82, 2.24) is 9.62 Å². The zero-order valence-electron chi connectivity index (χ0n) is 11.6. The van der Waals surface area contributed by atoms with Gasteiger partial charge in [0.05, 0.1) is 5.75 Å². The Morgan fingerprint density at radius 2 is 1.67 bits per heavy atom. The average molecular weight is 274 g/mol. The van der Waals surface area contributed by atoms with Gasteiger partial charge in [0.1, 0.15) is 0 Å². The molecule has 1 N–H and O–H groups in total. The van der Waals surface area contributed by atoms with E-state index in [0.717, 1.165) is 45.4 Å². The van der Waals surface area contributed by atoms with Crippen LogP contribution in [-0.4, -0.2) is 44.7 Å². The Labute approximate surface area is 111 Å². The van der Waals surface area contributed by atoms with Gasteiger partial charge in [0.2, 0.25) is 10.0 Å². The van der Waals surface area contributed by atoms with Crippen LogP contribution in [0.2, 0.25) is 0 Å². The van der Waals surface area contributed by atoms with Gasteiger partial charge in [0, 0.05) is 13.1 Å². The summed E-state index contributed by atoms with van der Waals surface area (Å²) in [6.45, 7) is 7.68. The van der Waals surface area contributed by atoms with Gasteiger partial charge in [-0.15, -0.1) is 0 Å². The molecule has 0 bridgehead atoms. The number of rotatable bonds is 3. The van der Waals surface area contributed by atoms with Gasteiger partial charge in [-0.2, -0.15) is 0 Å². The predicted octanol–water partition coefficient (Wildman–Crippen LogP) is 1.29. The van der Waals surface area contributed by atoms with Gasteiger partial charge < -0.3 is 5.32 Å². The van der Waals surface area contributed by atoms with Crippen molar-refractivity contribution in [2.24, 2.45) is 17.8 Å². The summed E-state index contributed by atoms with van der Waals surface area (Å²) in [4.78, 5) is 0.